The van der Waals surface area contributed by atoms with Gasteiger partial charge in [0.1, 0.15) is 6.61 Å². The zero-order chi connectivity index (χ0) is 11.5. The molecule has 5 heteroatoms. The van der Waals surface area contributed by atoms with E-state index in [1.54, 1.807) is 0 Å². The van der Waals surface area contributed by atoms with Gasteiger partial charge >= 0.3 is 0 Å². The third kappa shape index (κ3) is 2.95. The van der Waals surface area contributed by atoms with Crippen LogP contribution in [0.1, 0.15) is 19.3 Å². The van der Waals surface area contributed by atoms with Crippen LogP contribution in [0.4, 0.5) is 0 Å². The number of carbonyl (C=O) groups excluding carboxylic acids is 2. The van der Waals surface area contributed by atoms with Crippen LogP contribution in [-0.2, 0) is 14.3 Å². The average molecular weight is 226 g/mol. The van der Waals surface area contributed by atoms with Crippen LogP contribution in [0, 0.1) is 17.8 Å². The van der Waals surface area contributed by atoms with Gasteiger partial charge in [0.25, 0.3) is 0 Å². The highest BCUT2D eigenvalue weighted by Crippen LogP contribution is 2.54. The predicted molar refractivity (Wildman–Crippen MR) is 57.3 cm³/mol. The lowest BCUT2D eigenvalue weighted by atomic mass is 10.0. The molecular formula is C11H18N2O3. The molecule has 0 radical (unpaired) electrons. The molecule has 0 spiro atoms. The molecule has 0 aromatic rings. The summed E-state index contributed by atoms with van der Waals surface area (Å²) >= 11 is 0. The Hall–Kier alpha value is -1.10. The van der Waals surface area contributed by atoms with Gasteiger partial charge in [-0.2, -0.15) is 0 Å². The van der Waals surface area contributed by atoms with Gasteiger partial charge < -0.3 is 15.8 Å². The van der Waals surface area contributed by atoms with Crippen molar-refractivity contribution in [1.82, 2.24) is 5.32 Å². The van der Waals surface area contributed by atoms with E-state index in [1.165, 1.54) is 6.42 Å². The molecule has 16 heavy (non-hydrogen) atoms. The van der Waals surface area contributed by atoms with Gasteiger partial charge in [0.15, 0.2) is 0 Å². The van der Waals surface area contributed by atoms with E-state index in [2.05, 4.69) is 5.32 Å². The Morgan fingerprint density at radius 3 is 2.56 bits per heavy atom. The Bertz CT molecular complexity index is 283. The van der Waals surface area contributed by atoms with Crippen LogP contribution in [0.3, 0.4) is 0 Å². The third-order valence-electron chi connectivity index (χ3n) is 3.40. The minimum Gasteiger partial charge on any atom is -0.370 e. The molecule has 90 valence electrons. The van der Waals surface area contributed by atoms with Crippen molar-refractivity contribution < 1.29 is 14.3 Å². The summed E-state index contributed by atoms with van der Waals surface area (Å²) in [7, 11) is 0. The van der Waals surface area contributed by atoms with E-state index in [9.17, 15) is 9.59 Å². The fourth-order valence-electron chi connectivity index (χ4n) is 2.49. The van der Waals surface area contributed by atoms with Gasteiger partial charge in [0.2, 0.25) is 11.8 Å². The van der Waals surface area contributed by atoms with Gasteiger partial charge in [-0.05, 0) is 31.1 Å². The molecule has 5 nitrogen and oxygen atoms in total. The number of hydrogen-bond donors (Lipinski definition) is 2. The van der Waals surface area contributed by atoms with Crippen molar-refractivity contribution in [3.63, 3.8) is 0 Å². The maximum Gasteiger partial charge on any atom is 0.243 e. The number of nitrogens with one attached hydrogen (secondary N) is 1. The summed E-state index contributed by atoms with van der Waals surface area (Å²) in [5.74, 6) is 1.50. The second-order valence-electron chi connectivity index (χ2n) is 4.73. The topological polar surface area (TPSA) is 81.4 Å². The Balaban J connectivity index is 1.52. The van der Waals surface area contributed by atoms with E-state index in [0.717, 1.165) is 24.7 Å². The zero-order valence-corrected chi connectivity index (χ0v) is 9.28. The highest BCUT2D eigenvalue weighted by Gasteiger charge is 2.47. The number of ether oxygens (including phenoxy) is 1. The lowest BCUT2D eigenvalue weighted by molar-refractivity contribution is -0.125. The molecule has 0 aliphatic heterocycles. The van der Waals surface area contributed by atoms with Crippen molar-refractivity contribution in [3.8, 4) is 0 Å². The van der Waals surface area contributed by atoms with Crippen molar-refractivity contribution in [2.24, 2.45) is 23.5 Å². The first-order valence-corrected chi connectivity index (χ1v) is 5.80. The van der Waals surface area contributed by atoms with Crippen LogP contribution in [0.25, 0.3) is 0 Å². The van der Waals surface area contributed by atoms with Crippen LogP contribution in [0.15, 0.2) is 0 Å². The number of hydrogen-bond acceptors (Lipinski definition) is 3. The maximum absolute atomic E-state index is 11.7. The lowest BCUT2D eigenvalue weighted by Gasteiger charge is -2.11. The molecule has 0 bridgehead atoms. The van der Waals surface area contributed by atoms with Crippen molar-refractivity contribution in [1.29, 1.82) is 0 Å². The van der Waals surface area contributed by atoms with Gasteiger partial charge in [-0.1, -0.05) is 0 Å². The van der Waals surface area contributed by atoms with Crippen LogP contribution in [-0.4, -0.2) is 31.6 Å². The molecule has 0 saturated heterocycles. The predicted octanol–water partition coefficient (Wildman–Crippen LogP) is -0.349. The normalized spacial score (nSPS) is 30.9. The number of primary amides is 1. The summed E-state index contributed by atoms with van der Waals surface area (Å²) in [5, 5.41) is 2.82. The van der Waals surface area contributed by atoms with Crippen molar-refractivity contribution in [2.45, 2.75) is 19.3 Å². The van der Waals surface area contributed by atoms with Crippen molar-refractivity contribution in [2.75, 3.05) is 19.8 Å². The standard InChI is InChI=1S/C11H18N2O3/c12-10(14)6-16-2-1-13-11(15)9-4-7-3-8(7)5-9/h7-9H,1-6H2,(H2,12,14)(H,13,15). The van der Waals surface area contributed by atoms with E-state index >= 15 is 0 Å². The summed E-state index contributed by atoms with van der Waals surface area (Å²) in [6.07, 6.45) is 3.43. The molecule has 2 unspecified atom stereocenters. The Labute approximate surface area is 94.7 Å². The number of fused-ring (bicyclic) bond motifs is 1. The zero-order valence-electron chi connectivity index (χ0n) is 9.28. The van der Waals surface area contributed by atoms with Gasteiger partial charge in [0.05, 0.1) is 6.61 Å². The molecule has 0 aromatic heterocycles. The van der Waals surface area contributed by atoms with Gasteiger partial charge in [-0.25, -0.2) is 0 Å². The minimum absolute atomic E-state index is 0.0799. The molecule has 0 aromatic carbocycles. The smallest absolute Gasteiger partial charge is 0.243 e. The highest BCUT2D eigenvalue weighted by atomic mass is 16.5. The number of rotatable bonds is 6. The van der Waals surface area contributed by atoms with E-state index in [0.29, 0.717) is 13.2 Å². The average Bonchev–Trinajstić information content (AvgIpc) is 2.84. The van der Waals surface area contributed by atoms with E-state index < -0.39 is 5.91 Å². The quantitative estimate of drug-likeness (QED) is 0.607. The second-order valence-corrected chi connectivity index (χ2v) is 4.73. The van der Waals surface area contributed by atoms with Gasteiger partial charge in [0, 0.05) is 12.5 Å². The van der Waals surface area contributed by atoms with E-state index in [1.807, 2.05) is 0 Å². The van der Waals surface area contributed by atoms with Crippen molar-refractivity contribution >= 4 is 11.8 Å². The summed E-state index contributed by atoms with van der Waals surface area (Å²) in [6, 6.07) is 0. The lowest BCUT2D eigenvalue weighted by Crippen LogP contribution is -2.33. The monoisotopic (exact) mass is 226 g/mol. The van der Waals surface area contributed by atoms with Crippen LogP contribution >= 0.6 is 0 Å². The number of nitrogens with two attached hydrogens (primary N) is 1. The molecule has 2 saturated carbocycles. The summed E-state index contributed by atoms with van der Waals surface area (Å²) < 4.78 is 4.95. The first-order valence-electron chi connectivity index (χ1n) is 5.80. The Morgan fingerprint density at radius 1 is 1.25 bits per heavy atom. The second kappa shape index (κ2) is 4.82. The highest BCUT2D eigenvalue weighted by molar-refractivity contribution is 5.79. The molecule has 2 aliphatic carbocycles. The van der Waals surface area contributed by atoms with Crippen molar-refractivity contribution in [3.05, 3.63) is 0 Å². The minimum atomic E-state index is -0.484. The molecule has 2 rings (SSSR count). The SMILES string of the molecule is NC(=O)COCCNC(=O)C1CC2CC2C1. The summed E-state index contributed by atoms with van der Waals surface area (Å²) in [6.45, 7) is 0.718. The molecule has 2 aliphatic rings. The molecular weight excluding hydrogens is 208 g/mol. The summed E-state index contributed by atoms with van der Waals surface area (Å²) in [5.41, 5.74) is 4.90. The fraction of sp³-hybridized carbons (Fsp3) is 0.818. The molecule has 2 fully saturated rings. The Kier molecular flexibility index (Phi) is 3.43. The summed E-state index contributed by atoms with van der Waals surface area (Å²) in [4.78, 5) is 22.0. The van der Waals surface area contributed by atoms with Gasteiger partial charge in [-0.3, -0.25) is 9.59 Å². The molecule has 2 atom stereocenters. The van der Waals surface area contributed by atoms with Crippen LogP contribution < -0.4 is 11.1 Å². The largest absolute Gasteiger partial charge is 0.370 e. The third-order valence-corrected chi connectivity index (χ3v) is 3.40. The van der Waals surface area contributed by atoms with E-state index in [4.69, 9.17) is 10.5 Å². The van der Waals surface area contributed by atoms with Crippen LogP contribution in [0.5, 0.6) is 0 Å². The van der Waals surface area contributed by atoms with Gasteiger partial charge in [-0.15, -0.1) is 0 Å². The number of carbonyl (C=O) groups is 2. The number of amides is 2. The first kappa shape index (κ1) is 11.4. The van der Waals surface area contributed by atoms with Crippen LogP contribution in [0.2, 0.25) is 0 Å². The fourth-order valence-corrected chi connectivity index (χ4v) is 2.49. The molecule has 3 N–H and O–H groups in total. The van der Waals surface area contributed by atoms with E-state index in [-0.39, 0.29) is 18.4 Å². The molecule has 2 amide bonds. The Morgan fingerprint density at radius 2 is 1.94 bits per heavy atom. The molecule has 0 heterocycles. The maximum atomic E-state index is 11.7. The first-order chi connectivity index (χ1) is 7.66.